The molecule has 26 heavy (non-hydrogen) atoms. The number of nitrogens with one attached hydrogen (secondary N) is 1. The summed E-state index contributed by atoms with van der Waals surface area (Å²) < 4.78 is 1.64. The molecule has 1 aromatic heterocycles. The first-order chi connectivity index (χ1) is 12.6. The molecule has 0 aliphatic heterocycles. The van der Waals surface area contributed by atoms with Crippen molar-refractivity contribution in [1.29, 1.82) is 0 Å². The van der Waals surface area contributed by atoms with Gasteiger partial charge in [0.25, 0.3) is 5.91 Å². The highest BCUT2D eigenvalue weighted by Crippen LogP contribution is 2.36. The van der Waals surface area contributed by atoms with E-state index in [1.807, 2.05) is 54.6 Å². The monoisotopic (exact) mass is 347 g/mol. The van der Waals surface area contributed by atoms with Gasteiger partial charge in [0, 0.05) is 18.8 Å². The van der Waals surface area contributed by atoms with Crippen LogP contribution in [-0.2, 0) is 19.1 Å². The molecule has 1 aliphatic carbocycles. The number of carbonyl (C=O) groups is 1. The van der Waals surface area contributed by atoms with Crippen LogP contribution in [-0.4, -0.2) is 27.3 Å². The Morgan fingerprint density at radius 2 is 1.92 bits per heavy atom. The van der Waals surface area contributed by atoms with Crippen molar-refractivity contribution in [1.82, 2.24) is 15.1 Å². The summed E-state index contributed by atoms with van der Waals surface area (Å²) in [6, 6.07) is 17.5. The zero-order chi connectivity index (χ0) is 18.1. The number of hydrogen-bond acceptors (Lipinski definition) is 3. The summed E-state index contributed by atoms with van der Waals surface area (Å²) in [5.41, 5.74) is 3.09. The highest BCUT2D eigenvalue weighted by molar-refractivity contribution is 5.99. The van der Waals surface area contributed by atoms with Crippen LogP contribution in [0.5, 0.6) is 0 Å². The normalized spacial score (nSPS) is 18.5. The fraction of sp³-hybridized carbons (Fsp3) is 0.238. The number of aromatic nitrogens is 2. The topological polar surface area (TPSA) is 67.2 Å². The SMILES string of the molecule is Cn1cc(C(=O)NCC2(O)CCc3ccccc32)c(-c2ccccc2)n1. The molecular formula is C21H21N3O2. The maximum atomic E-state index is 12.8. The van der Waals surface area contributed by atoms with E-state index in [-0.39, 0.29) is 12.5 Å². The molecule has 0 radical (unpaired) electrons. The zero-order valence-corrected chi connectivity index (χ0v) is 14.6. The molecule has 3 aromatic rings. The van der Waals surface area contributed by atoms with Crippen LogP contribution >= 0.6 is 0 Å². The van der Waals surface area contributed by atoms with Crippen LogP contribution in [0, 0.1) is 0 Å². The molecule has 2 N–H and O–H groups in total. The second kappa shape index (κ2) is 6.42. The summed E-state index contributed by atoms with van der Waals surface area (Å²) in [7, 11) is 1.80. The van der Waals surface area contributed by atoms with E-state index in [1.54, 1.807) is 17.9 Å². The average Bonchev–Trinajstić information content (AvgIpc) is 3.22. The number of carbonyl (C=O) groups excluding carboxylic acids is 1. The molecule has 1 unspecified atom stereocenters. The molecule has 2 aromatic carbocycles. The van der Waals surface area contributed by atoms with Gasteiger partial charge < -0.3 is 10.4 Å². The van der Waals surface area contributed by atoms with Crippen molar-refractivity contribution in [2.45, 2.75) is 18.4 Å². The van der Waals surface area contributed by atoms with E-state index in [0.29, 0.717) is 17.7 Å². The van der Waals surface area contributed by atoms with E-state index in [2.05, 4.69) is 10.4 Å². The molecule has 0 fully saturated rings. The first-order valence-corrected chi connectivity index (χ1v) is 8.75. The van der Waals surface area contributed by atoms with Crippen molar-refractivity contribution in [3.05, 3.63) is 77.5 Å². The van der Waals surface area contributed by atoms with E-state index in [4.69, 9.17) is 0 Å². The molecule has 0 spiro atoms. The van der Waals surface area contributed by atoms with Crippen LogP contribution in [0.25, 0.3) is 11.3 Å². The lowest BCUT2D eigenvalue weighted by atomic mass is 9.96. The Labute approximate surface area is 152 Å². The first-order valence-electron chi connectivity index (χ1n) is 8.75. The third-order valence-electron chi connectivity index (χ3n) is 4.99. The van der Waals surface area contributed by atoms with Gasteiger partial charge in [0.1, 0.15) is 11.3 Å². The van der Waals surface area contributed by atoms with Gasteiger partial charge in [-0.1, -0.05) is 54.6 Å². The van der Waals surface area contributed by atoms with Crippen molar-refractivity contribution in [2.75, 3.05) is 6.54 Å². The highest BCUT2D eigenvalue weighted by atomic mass is 16.3. The number of hydrogen-bond donors (Lipinski definition) is 2. The van der Waals surface area contributed by atoms with Crippen molar-refractivity contribution >= 4 is 5.91 Å². The molecule has 0 saturated carbocycles. The molecule has 1 atom stereocenters. The third kappa shape index (κ3) is 2.91. The van der Waals surface area contributed by atoms with Crippen LogP contribution in [0.15, 0.2) is 60.8 Å². The molecule has 5 heteroatoms. The number of aryl methyl sites for hydroxylation is 2. The maximum absolute atomic E-state index is 12.8. The van der Waals surface area contributed by atoms with Crippen molar-refractivity contribution in [3.63, 3.8) is 0 Å². The molecule has 1 amide bonds. The Hall–Kier alpha value is -2.92. The first kappa shape index (κ1) is 16.5. The maximum Gasteiger partial charge on any atom is 0.255 e. The number of nitrogens with zero attached hydrogens (tertiary/aromatic N) is 2. The Kier molecular flexibility index (Phi) is 4.09. The predicted molar refractivity (Wildman–Crippen MR) is 99.6 cm³/mol. The molecule has 132 valence electrons. The standard InChI is InChI=1S/C21H21N3O2/c1-24-13-17(19(23-24)16-8-3-2-4-9-16)20(25)22-14-21(26)12-11-15-7-5-6-10-18(15)21/h2-10,13,26H,11-12,14H2,1H3,(H,22,25). The predicted octanol–water partition coefficient (Wildman–Crippen LogP) is 2.65. The third-order valence-corrected chi connectivity index (χ3v) is 4.99. The Bertz CT molecular complexity index is 949. The van der Waals surface area contributed by atoms with Gasteiger partial charge in [0.2, 0.25) is 0 Å². The average molecular weight is 347 g/mol. The summed E-state index contributed by atoms with van der Waals surface area (Å²) in [6.45, 7) is 0.186. The fourth-order valence-corrected chi connectivity index (χ4v) is 3.64. The molecule has 0 saturated heterocycles. The van der Waals surface area contributed by atoms with Crippen LogP contribution in [0.3, 0.4) is 0 Å². The smallest absolute Gasteiger partial charge is 0.255 e. The highest BCUT2D eigenvalue weighted by Gasteiger charge is 2.36. The molecule has 0 bridgehead atoms. The lowest BCUT2D eigenvalue weighted by Gasteiger charge is -2.24. The quantitative estimate of drug-likeness (QED) is 0.762. The molecular weight excluding hydrogens is 326 g/mol. The second-order valence-electron chi connectivity index (χ2n) is 6.80. The summed E-state index contributed by atoms with van der Waals surface area (Å²) in [4.78, 5) is 12.8. The lowest BCUT2D eigenvalue weighted by Crippen LogP contribution is -2.39. The molecule has 1 heterocycles. The van der Waals surface area contributed by atoms with Crippen LogP contribution in [0.2, 0.25) is 0 Å². The van der Waals surface area contributed by atoms with Gasteiger partial charge in [0.15, 0.2) is 0 Å². The largest absolute Gasteiger partial charge is 0.383 e. The van der Waals surface area contributed by atoms with Crippen LogP contribution in [0.4, 0.5) is 0 Å². The van der Waals surface area contributed by atoms with Gasteiger partial charge >= 0.3 is 0 Å². The van der Waals surface area contributed by atoms with Crippen molar-refractivity contribution < 1.29 is 9.90 Å². The lowest BCUT2D eigenvalue weighted by molar-refractivity contribution is 0.0370. The molecule has 1 aliphatic rings. The van der Waals surface area contributed by atoms with Gasteiger partial charge in [0.05, 0.1) is 12.1 Å². The number of amides is 1. The van der Waals surface area contributed by atoms with E-state index >= 15 is 0 Å². The Morgan fingerprint density at radius 1 is 1.19 bits per heavy atom. The van der Waals surface area contributed by atoms with Gasteiger partial charge in [-0.05, 0) is 24.0 Å². The number of aliphatic hydroxyl groups is 1. The van der Waals surface area contributed by atoms with Gasteiger partial charge in [-0.15, -0.1) is 0 Å². The van der Waals surface area contributed by atoms with E-state index in [0.717, 1.165) is 23.1 Å². The minimum absolute atomic E-state index is 0.186. The van der Waals surface area contributed by atoms with E-state index in [1.165, 1.54) is 0 Å². The number of benzene rings is 2. The van der Waals surface area contributed by atoms with Gasteiger partial charge in [-0.3, -0.25) is 9.48 Å². The van der Waals surface area contributed by atoms with Gasteiger partial charge in [-0.2, -0.15) is 5.10 Å². The van der Waals surface area contributed by atoms with E-state index < -0.39 is 5.60 Å². The van der Waals surface area contributed by atoms with Crippen LogP contribution in [0.1, 0.15) is 27.9 Å². The number of rotatable bonds is 4. The number of fused-ring (bicyclic) bond motifs is 1. The summed E-state index contributed by atoms with van der Waals surface area (Å²) in [5.74, 6) is -0.227. The van der Waals surface area contributed by atoms with E-state index in [9.17, 15) is 9.90 Å². The minimum Gasteiger partial charge on any atom is -0.383 e. The Balaban J connectivity index is 1.55. The second-order valence-corrected chi connectivity index (χ2v) is 6.80. The summed E-state index contributed by atoms with van der Waals surface area (Å²) in [6.07, 6.45) is 3.15. The molecule has 5 nitrogen and oxygen atoms in total. The van der Waals surface area contributed by atoms with Crippen molar-refractivity contribution in [3.8, 4) is 11.3 Å². The fourth-order valence-electron chi connectivity index (χ4n) is 3.64. The molecule has 4 rings (SSSR count). The Morgan fingerprint density at radius 3 is 2.73 bits per heavy atom. The van der Waals surface area contributed by atoms with Gasteiger partial charge in [-0.25, -0.2) is 0 Å². The summed E-state index contributed by atoms with van der Waals surface area (Å²) >= 11 is 0. The van der Waals surface area contributed by atoms with Crippen molar-refractivity contribution in [2.24, 2.45) is 7.05 Å². The minimum atomic E-state index is -1.01. The zero-order valence-electron chi connectivity index (χ0n) is 14.6. The van der Waals surface area contributed by atoms with Crippen LogP contribution < -0.4 is 5.32 Å². The summed E-state index contributed by atoms with van der Waals surface area (Å²) in [5, 5.41) is 18.3.